The Balaban J connectivity index is -0.000000422. The van der Waals surface area contributed by atoms with Crippen LogP contribution in [0.25, 0.3) is 0 Å². The van der Waals surface area contributed by atoms with Crippen LogP contribution in [0, 0.1) is 7.43 Å². The number of esters is 1. The van der Waals surface area contributed by atoms with Gasteiger partial charge in [0, 0.05) is 26.9 Å². The molecule has 2 rings (SSSR count). The van der Waals surface area contributed by atoms with E-state index in [-0.39, 0.29) is 53.3 Å². The zero-order chi connectivity index (χ0) is 19.9. The average molecular weight is 611 g/mol. The molecule has 0 aliphatic carbocycles. The smallest absolute Gasteiger partial charge is 1.00 e. The van der Waals surface area contributed by atoms with Crippen LogP contribution >= 0.6 is 31.9 Å². The van der Waals surface area contributed by atoms with E-state index in [4.69, 9.17) is 9.47 Å². The first-order valence-corrected chi connectivity index (χ1v) is 8.92. The zero-order valence-corrected chi connectivity index (χ0v) is 23.3. The number of aromatic nitrogens is 2. The van der Waals surface area contributed by atoms with Gasteiger partial charge in [-0.15, -0.1) is 0 Å². The van der Waals surface area contributed by atoms with Crippen molar-refractivity contribution in [1.29, 1.82) is 0 Å². The summed E-state index contributed by atoms with van der Waals surface area (Å²) in [6.45, 7) is 3.39. The van der Waals surface area contributed by atoms with Gasteiger partial charge in [-0.25, -0.2) is 14.8 Å². The van der Waals surface area contributed by atoms with E-state index in [9.17, 15) is 9.90 Å². The Morgan fingerprint density at radius 1 is 1.00 bits per heavy atom. The van der Waals surface area contributed by atoms with Crippen molar-refractivity contribution in [3.05, 3.63) is 52.0 Å². The molecule has 0 saturated heterocycles. The number of ether oxygens (including phenoxy) is 3. The molecule has 0 amide bonds. The van der Waals surface area contributed by atoms with Gasteiger partial charge >= 0.3 is 29.0 Å². The monoisotopic (exact) mass is 608 g/mol. The summed E-state index contributed by atoms with van der Waals surface area (Å²) in [7, 11) is 4.29. The molecule has 0 bridgehead atoms. The zero-order valence-electron chi connectivity index (χ0n) is 17.1. The average Bonchev–Trinajstić information content (AvgIpc) is 2.60. The molecular weight excluding hydrogens is 588 g/mol. The summed E-state index contributed by atoms with van der Waals surface area (Å²) in [5, 5.41) is 9.78. The fraction of sp³-hybridized carbons (Fsp3) is 0.333. The molecule has 0 unspecified atom stereocenters. The first-order valence-electron chi connectivity index (χ1n) is 7.34. The van der Waals surface area contributed by atoms with Gasteiger partial charge in [0.15, 0.2) is 0 Å². The molecule has 0 aliphatic rings. The fourth-order valence-corrected chi connectivity index (χ4v) is 2.54. The van der Waals surface area contributed by atoms with Crippen molar-refractivity contribution < 1.29 is 41.1 Å². The largest absolute Gasteiger partial charge is 2.00 e. The fourth-order valence-electron chi connectivity index (χ4n) is 1.87. The van der Waals surface area contributed by atoms with Crippen LogP contribution in [0.1, 0.15) is 29.8 Å². The standard InChI is InChI=1S/C9H12BrNO2.C8H8BrNO3.CH3.BrH.Mg/c1-9(2,12)7-4-6(10)5-11-8(7)13-3;1-12-7-6(8(11)13-2)3-5(9)4-10-7;;;/h4-5,12H,1-3H3;3-4H,1-2H3;1H3;1H;/q;;-1;;+2/p-1. The number of hydrogen-bond acceptors (Lipinski definition) is 7. The summed E-state index contributed by atoms with van der Waals surface area (Å²) in [5.74, 6) is 0.247. The Bertz CT molecular complexity index is 774. The summed E-state index contributed by atoms with van der Waals surface area (Å²) < 4.78 is 16.0. The number of rotatable bonds is 4. The van der Waals surface area contributed by atoms with E-state index in [1.807, 2.05) is 0 Å². The number of halogens is 3. The van der Waals surface area contributed by atoms with Crippen LogP contribution in [-0.2, 0) is 10.3 Å². The van der Waals surface area contributed by atoms with Gasteiger partial charge < -0.3 is 43.7 Å². The summed E-state index contributed by atoms with van der Waals surface area (Å²) >= 11 is 6.49. The molecular formula is C18H23Br3MgN2O5. The van der Waals surface area contributed by atoms with Crippen LogP contribution < -0.4 is 26.5 Å². The first-order chi connectivity index (χ1) is 12.1. The molecule has 2 heterocycles. The third-order valence-electron chi connectivity index (χ3n) is 3.09. The molecule has 0 fully saturated rings. The van der Waals surface area contributed by atoms with E-state index >= 15 is 0 Å². The normalized spacial score (nSPS) is 9.38. The predicted molar refractivity (Wildman–Crippen MR) is 116 cm³/mol. The first kappa shape index (κ1) is 33.2. The molecule has 0 spiro atoms. The van der Waals surface area contributed by atoms with Gasteiger partial charge in [-0.05, 0) is 57.8 Å². The van der Waals surface area contributed by atoms with E-state index < -0.39 is 11.6 Å². The molecule has 0 aromatic carbocycles. The number of aliphatic hydroxyl groups is 1. The van der Waals surface area contributed by atoms with Gasteiger partial charge in [-0.3, -0.25) is 0 Å². The minimum absolute atomic E-state index is 0. The van der Waals surface area contributed by atoms with Gasteiger partial charge in [-0.1, -0.05) is 0 Å². The quantitative estimate of drug-likeness (QED) is 0.311. The predicted octanol–water partition coefficient (Wildman–Crippen LogP) is 0.793. The van der Waals surface area contributed by atoms with Crippen LogP contribution in [0.5, 0.6) is 11.8 Å². The summed E-state index contributed by atoms with van der Waals surface area (Å²) in [5.41, 5.74) is 0.0334. The molecule has 7 nitrogen and oxygen atoms in total. The van der Waals surface area contributed by atoms with E-state index in [1.54, 1.807) is 38.4 Å². The van der Waals surface area contributed by atoms with Crippen molar-refractivity contribution in [2.75, 3.05) is 21.3 Å². The number of nitrogens with zero attached hydrogens (tertiary/aromatic N) is 2. The Morgan fingerprint density at radius 3 is 1.86 bits per heavy atom. The molecule has 0 saturated carbocycles. The van der Waals surface area contributed by atoms with Gasteiger partial charge in [0.05, 0.1) is 26.9 Å². The van der Waals surface area contributed by atoms with Crippen LogP contribution in [0.3, 0.4) is 0 Å². The molecule has 1 N–H and O–H groups in total. The van der Waals surface area contributed by atoms with Crippen molar-refractivity contribution in [3.8, 4) is 11.8 Å². The van der Waals surface area contributed by atoms with E-state index in [0.717, 1.165) is 4.47 Å². The van der Waals surface area contributed by atoms with Gasteiger partial charge in [0.1, 0.15) is 5.56 Å². The van der Waals surface area contributed by atoms with Gasteiger partial charge in [-0.2, -0.15) is 0 Å². The topological polar surface area (TPSA) is 90.8 Å². The number of hydrogen-bond donors (Lipinski definition) is 1. The second-order valence-electron chi connectivity index (χ2n) is 5.47. The molecule has 0 atom stereocenters. The van der Waals surface area contributed by atoms with Crippen molar-refractivity contribution in [2.45, 2.75) is 19.4 Å². The molecule has 2 aromatic heterocycles. The van der Waals surface area contributed by atoms with Crippen molar-refractivity contribution in [1.82, 2.24) is 9.97 Å². The minimum Gasteiger partial charge on any atom is -1.00 e. The van der Waals surface area contributed by atoms with E-state index in [2.05, 4.69) is 46.6 Å². The van der Waals surface area contributed by atoms with Crippen LogP contribution in [0.15, 0.2) is 33.5 Å². The molecule has 0 radical (unpaired) electrons. The third kappa shape index (κ3) is 10.4. The maximum absolute atomic E-state index is 11.2. The summed E-state index contributed by atoms with van der Waals surface area (Å²) in [6.07, 6.45) is 3.18. The summed E-state index contributed by atoms with van der Waals surface area (Å²) in [4.78, 5) is 19.1. The van der Waals surface area contributed by atoms with E-state index in [1.165, 1.54) is 21.3 Å². The Labute approximate surface area is 215 Å². The SMILES string of the molecule is COC(=O)c1cc(Br)cnc1OC.COc1ncc(Br)cc1C(C)(C)O.[Br-].[CH3-].[Mg+2]. The number of methoxy groups -OCH3 is 3. The van der Waals surface area contributed by atoms with Crippen LogP contribution in [0.4, 0.5) is 0 Å². The second kappa shape index (κ2) is 15.4. The van der Waals surface area contributed by atoms with Crippen LogP contribution in [-0.4, -0.2) is 65.4 Å². The van der Waals surface area contributed by atoms with Gasteiger partial charge in [0.2, 0.25) is 11.8 Å². The second-order valence-corrected chi connectivity index (χ2v) is 7.30. The number of carbonyl (C=O) groups excluding carboxylic acids is 1. The number of carbonyl (C=O) groups is 1. The number of pyridine rings is 2. The Hall–Kier alpha value is -0.464. The molecule has 29 heavy (non-hydrogen) atoms. The minimum atomic E-state index is -0.942. The third-order valence-corrected chi connectivity index (χ3v) is 3.95. The Kier molecular flexibility index (Phi) is 17.6. The van der Waals surface area contributed by atoms with Crippen molar-refractivity contribution >= 4 is 60.9 Å². The maximum Gasteiger partial charge on any atom is 2.00 e. The van der Waals surface area contributed by atoms with Crippen LogP contribution in [0.2, 0.25) is 0 Å². The molecule has 158 valence electrons. The molecule has 0 aliphatic heterocycles. The Morgan fingerprint density at radius 2 is 1.45 bits per heavy atom. The van der Waals surface area contributed by atoms with E-state index in [0.29, 0.717) is 21.5 Å². The van der Waals surface area contributed by atoms with Crippen molar-refractivity contribution in [3.63, 3.8) is 0 Å². The van der Waals surface area contributed by atoms with Gasteiger partial charge in [0.25, 0.3) is 0 Å². The molecule has 11 heteroatoms. The molecule has 2 aromatic rings. The summed E-state index contributed by atoms with van der Waals surface area (Å²) in [6, 6.07) is 3.39. The van der Waals surface area contributed by atoms with Crippen molar-refractivity contribution in [2.24, 2.45) is 0 Å². The maximum atomic E-state index is 11.2.